The van der Waals surface area contributed by atoms with Crippen LogP contribution < -0.4 is 16.0 Å². The number of nitrogens with two attached hydrogens (primary N) is 1. The molecule has 0 saturated carbocycles. The second-order valence-electron chi connectivity index (χ2n) is 10.6. The Balaban J connectivity index is 0.000000187. The molecule has 2 amide bonds. The van der Waals surface area contributed by atoms with Crippen LogP contribution in [0, 0.1) is 5.82 Å². The van der Waals surface area contributed by atoms with Crippen LogP contribution in [0.15, 0.2) is 66.9 Å². The Morgan fingerprint density at radius 1 is 1.00 bits per heavy atom. The summed E-state index contributed by atoms with van der Waals surface area (Å²) < 4.78 is 15.9. The number of carbonyl (C=O) groups excluding carboxylic acids is 1. The Morgan fingerprint density at radius 3 is 2.36 bits per heavy atom. The van der Waals surface area contributed by atoms with Crippen molar-refractivity contribution >= 4 is 29.2 Å². The number of fused-ring (bicyclic) bond motifs is 2. The van der Waals surface area contributed by atoms with Crippen LogP contribution in [-0.4, -0.2) is 73.1 Å². The Labute approximate surface area is 253 Å². The van der Waals surface area contributed by atoms with E-state index in [1.54, 1.807) is 40.0 Å². The van der Waals surface area contributed by atoms with Crippen LogP contribution in [0.3, 0.4) is 0 Å². The van der Waals surface area contributed by atoms with E-state index in [4.69, 9.17) is 10.8 Å². The van der Waals surface area contributed by atoms with Crippen molar-refractivity contribution in [3.8, 4) is 11.5 Å². The summed E-state index contributed by atoms with van der Waals surface area (Å²) in [5, 5.41) is 35.2. The minimum atomic E-state index is -0.885. The van der Waals surface area contributed by atoms with E-state index < -0.39 is 11.9 Å². The van der Waals surface area contributed by atoms with Crippen LogP contribution >= 0.6 is 0 Å². The van der Waals surface area contributed by atoms with Gasteiger partial charge >= 0.3 is 6.09 Å². The average molecular weight is 604 g/mol. The quantitative estimate of drug-likeness (QED) is 0.234. The minimum absolute atomic E-state index is 0.0363. The largest absolute Gasteiger partial charge is 0.508 e. The zero-order valence-corrected chi connectivity index (χ0v) is 24.2. The van der Waals surface area contributed by atoms with E-state index in [1.165, 1.54) is 17.0 Å². The highest BCUT2D eigenvalue weighted by molar-refractivity contribution is 6.08. The first kappa shape index (κ1) is 30.3. The molecule has 0 atom stereocenters. The van der Waals surface area contributed by atoms with Crippen LogP contribution in [0.25, 0.3) is 0 Å². The molecule has 13 heteroatoms. The van der Waals surface area contributed by atoms with Gasteiger partial charge in [-0.1, -0.05) is 18.2 Å². The smallest absolute Gasteiger partial charge is 0.407 e. The number of phenols is 2. The van der Waals surface area contributed by atoms with Gasteiger partial charge in [0.25, 0.3) is 5.91 Å². The monoisotopic (exact) mass is 603 g/mol. The number of piperazine rings is 1. The number of para-hydroxylation sites is 2. The Hall–Kier alpha value is -5.14. The number of amides is 2. The molecule has 44 heavy (non-hydrogen) atoms. The number of carboxylic acid groups (broad SMARTS) is 1. The summed E-state index contributed by atoms with van der Waals surface area (Å²) in [6, 6.07) is 16.4. The number of carbonyl (C=O) groups is 2. The standard InChI is InChI=1S/C19H18FN5O.C12H16N2O4/c1-24-18-14(10-22-24)11-25(17-5-3-2-4-16(17)23-18)19(26)12-6-7-13(9-21)15(20)8-12;15-10-5-9(6-11(16)7-10)8-13-1-3-14(4-2-13)12(17)18/h2-8,10,23H,9,11,21H2,1H3;5-7,15-16H,1-4,8H2,(H,17,18). The first-order chi connectivity index (χ1) is 21.1. The zero-order chi connectivity index (χ0) is 31.4. The van der Waals surface area contributed by atoms with E-state index in [9.17, 15) is 24.2 Å². The maximum Gasteiger partial charge on any atom is 0.407 e. The number of rotatable bonds is 4. The molecule has 6 N–H and O–H groups in total. The molecule has 230 valence electrons. The van der Waals surface area contributed by atoms with Crippen molar-refractivity contribution in [2.45, 2.75) is 19.6 Å². The van der Waals surface area contributed by atoms with Gasteiger partial charge in [0.2, 0.25) is 0 Å². The van der Waals surface area contributed by atoms with E-state index in [0.717, 1.165) is 28.3 Å². The van der Waals surface area contributed by atoms with Crippen LogP contribution in [0.5, 0.6) is 11.5 Å². The van der Waals surface area contributed by atoms with Crippen molar-refractivity contribution in [2.24, 2.45) is 12.8 Å². The third kappa shape index (κ3) is 6.74. The predicted octanol–water partition coefficient (Wildman–Crippen LogP) is 3.82. The molecule has 0 bridgehead atoms. The fourth-order valence-corrected chi connectivity index (χ4v) is 5.24. The number of hydrogen-bond donors (Lipinski definition) is 5. The van der Waals surface area contributed by atoms with Crippen LogP contribution in [0.4, 0.5) is 26.4 Å². The molecule has 0 radical (unpaired) electrons. The number of benzene rings is 3. The van der Waals surface area contributed by atoms with Gasteiger partial charge in [0.05, 0.1) is 24.1 Å². The number of hydrogen-bond acceptors (Lipinski definition) is 8. The van der Waals surface area contributed by atoms with Gasteiger partial charge in [0.15, 0.2) is 0 Å². The lowest BCUT2D eigenvalue weighted by Gasteiger charge is -2.33. The van der Waals surface area contributed by atoms with Crippen molar-refractivity contribution in [3.63, 3.8) is 0 Å². The topological polar surface area (TPSA) is 160 Å². The molecule has 12 nitrogen and oxygen atoms in total. The van der Waals surface area contributed by atoms with E-state index in [-0.39, 0.29) is 29.5 Å². The molecule has 0 unspecified atom stereocenters. The summed E-state index contributed by atoms with van der Waals surface area (Å²) in [4.78, 5) is 29.0. The number of anilines is 3. The van der Waals surface area contributed by atoms with Gasteiger partial charge in [0, 0.05) is 69.1 Å². The maximum absolute atomic E-state index is 14.1. The summed E-state index contributed by atoms with van der Waals surface area (Å²) in [6.07, 6.45) is 0.844. The molecule has 3 heterocycles. The summed E-state index contributed by atoms with van der Waals surface area (Å²) in [5.41, 5.74) is 9.40. The number of aromatic nitrogens is 2. The fourth-order valence-electron chi connectivity index (χ4n) is 5.24. The van der Waals surface area contributed by atoms with Gasteiger partial charge in [-0.2, -0.15) is 5.10 Å². The van der Waals surface area contributed by atoms with Crippen LogP contribution in [-0.2, 0) is 26.7 Å². The highest BCUT2D eigenvalue weighted by Crippen LogP contribution is 2.36. The van der Waals surface area contributed by atoms with Gasteiger partial charge in [0.1, 0.15) is 23.1 Å². The van der Waals surface area contributed by atoms with Gasteiger partial charge in [-0.15, -0.1) is 0 Å². The van der Waals surface area contributed by atoms with Crippen molar-refractivity contribution < 1.29 is 29.3 Å². The SMILES string of the molecule is Cn1ncc2c1Nc1ccccc1N(C(=O)c1ccc(CN)c(F)c1)C2.O=C(O)N1CCN(Cc2cc(O)cc(O)c2)CC1. The molecule has 2 aliphatic rings. The van der Waals surface area contributed by atoms with Crippen molar-refractivity contribution in [2.75, 3.05) is 36.4 Å². The summed E-state index contributed by atoms with van der Waals surface area (Å²) in [5.74, 6) is 0.154. The molecule has 4 aromatic rings. The Morgan fingerprint density at radius 2 is 1.70 bits per heavy atom. The molecule has 1 saturated heterocycles. The average Bonchev–Trinajstić information content (AvgIpc) is 3.24. The molecule has 0 spiro atoms. The van der Waals surface area contributed by atoms with Crippen LogP contribution in [0.2, 0.25) is 0 Å². The van der Waals surface area contributed by atoms with E-state index >= 15 is 0 Å². The summed E-state index contributed by atoms with van der Waals surface area (Å²) >= 11 is 0. The normalized spacial score (nSPS) is 14.4. The van der Waals surface area contributed by atoms with Gasteiger partial charge in [-0.05, 0) is 42.0 Å². The number of nitrogens with zero attached hydrogens (tertiary/aromatic N) is 5. The number of aryl methyl sites for hydroxylation is 1. The molecule has 2 aliphatic heterocycles. The molecule has 1 fully saturated rings. The third-order valence-corrected chi connectivity index (χ3v) is 7.57. The number of halogens is 1. The van der Waals surface area contributed by atoms with E-state index in [2.05, 4.69) is 15.3 Å². The lowest BCUT2D eigenvalue weighted by Crippen LogP contribution is -2.47. The Kier molecular flexibility index (Phi) is 8.97. The summed E-state index contributed by atoms with van der Waals surface area (Å²) in [7, 11) is 1.84. The minimum Gasteiger partial charge on any atom is -0.508 e. The third-order valence-electron chi connectivity index (χ3n) is 7.57. The van der Waals surface area contributed by atoms with Crippen molar-refractivity contribution in [1.29, 1.82) is 0 Å². The number of nitrogens with one attached hydrogen (secondary N) is 1. The Bertz CT molecular complexity index is 1650. The zero-order valence-electron chi connectivity index (χ0n) is 24.2. The van der Waals surface area contributed by atoms with E-state index in [1.807, 2.05) is 31.3 Å². The fraction of sp³-hybridized carbons (Fsp3) is 0.258. The van der Waals surface area contributed by atoms with Crippen molar-refractivity contribution in [3.05, 3.63) is 94.9 Å². The van der Waals surface area contributed by atoms with Gasteiger partial charge < -0.3 is 36.2 Å². The second kappa shape index (κ2) is 13.0. The number of phenolic OH excluding ortho intramolecular Hbond substituents is 2. The maximum atomic E-state index is 14.1. The lowest BCUT2D eigenvalue weighted by atomic mass is 10.1. The molecule has 1 aromatic heterocycles. The molecular weight excluding hydrogens is 569 g/mol. The van der Waals surface area contributed by atoms with Crippen LogP contribution in [0.1, 0.15) is 27.0 Å². The number of aromatic hydroxyl groups is 2. The predicted molar refractivity (Wildman–Crippen MR) is 162 cm³/mol. The highest BCUT2D eigenvalue weighted by Gasteiger charge is 2.27. The van der Waals surface area contributed by atoms with Gasteiger partial charge in [-0.25, -0.2) is 9.18 Å². The van der Waals surface area contributed by atoms with E-state index in [0.29, 0.717) is 44.8 Å². The first-order valence-corrected chi connectivity index (χ1v) is 14.0. The summed E-state index contributed by atoms with van der Waals surface area (Å²) in [6.45, 7) is 3.31. The molecular formula is C31H34FN7O5. The molecule has 3 aromatic carbocycles. The van der Waals surface area contributed by atoms with Crippen molar-refractivity contribution in [1.82, 2.24) is 19.6 Å². The van der Waals surface area contributed by atoms with Gasteiger partial charge in [-0.3, -0.25) is 14.4 Å². The lowest BCUT2D eigenvalue weighted by molar-refractivity contribution is 0.0983. The molecule has 6 rings (SSSR count). The second-order valence-corrected chi connectivity index (χ2v) is 10.6. The first-order valence-electron chi connectivity index (χ1n) is 14.0. The highest BCUT2D eigenvalue weighted by atomic mass is 19.1. The molecule has 0 aliphatic carbocycles.